The van der Waals surface area contributed by atoms with Crippen LogP contribution < -0.4 is 5.73 Å². The Labute approximate surface area is 124 Å². The summed E-state index contributed by atoms with van der Waals surface area (Å²) in [7, 11) is 0. The van der Waals surface area contributed by atoms with Gasteiger partial charge in [0.1, 0.15) is 5.01 Å². The minimum atomic E-state index is 0.723. The van der Waals surface area contributed by atoms with Gasteiger partial charge in [0.15, 0.2) is 0 Å². The first kappa shape index (κ1) is 13.6. The average molecular weight is 287 g/mol. The first-order chi connectivity index (χ1) is 9.61. The van der Waals surface area contributed by atoms with E-state index in [0.29, 0.717) is 0 Å². The van der Waals surface area contributed by atoms with Gasteiger partial charge in [0.25, 0.3) is 0 Å². The lowest BCUT2D eigenvalue weighted by Gasteiger charge is -2.27. The number of fused-ring (bicyclic) bond motifs is 1. The summed E-state index contributed by atoms with van der Waals surface area (Å²) in [4.78, 5) is 8.79. The fourth-order valence-electron chi connectivity index (χ4n) is 2.67. The number of benzene rings is 1. The highest BCUT2D eigenvalue weighted by Crippen LogP contribution is 2.32. The van der Waals surface area contributed by atoms with Gasteiger partial charge in [-0.3, -0.25) is 4.90 Å². The van der Waals surface area contributed by atoms with Gasteiger partial charge in [0.2, 0.25) is 0 Å². The number of nitrogens with two attached hydrogens (primary N) is 1. The molecule has 3 nitrogen and oxygen atoms in total. The van der Waals surface area contributed by atoms with Crippen molar-refractivity contribution >= 4 is 17.0 Å². The van der Waals surface area contributed by atoms with Gasteiger partial charge in [-0.05, 0) is 30.2 Å². The van der Waals surface area contributed by atoms with Gasteiger partial charge >= 0.3 is 0 Å². The van der Waals surface area contributed by atoms with Crippen LogP contribution in [0.3, 0.4) is 0 Å². The van der Waals surface area contributed by atoms with Gasteiger partial charge in [-0.2, -0.15) is 0 Å². The maximum absolute atomic E-state index is 5.74. The van der Waals surface area contributed by atoms with Crippen molar-refractivity contribution in [3.05, 3.63) is 34.8 Å². The Morgan fingerprint density at radius 2 is 2.05 bits per heavy atom. The molecule has 1 aliphatic rings. The van der Waals surface area contributed by atoms with Gasteiger partial charge in [0, 0.05) is 42.2 Å². The van der Waals surface area contributed by atoms with E-state index in [1.54, 1.807) is 0 Å². The second-order valence-electron chi connectivity index (χ2n) is 5.89. The summed E-state index contributed by atoms with van der Waals surface area (Å²) in [5.41, 5.74) is 9.02. The van der Waals surface area contributed by atoms with E-state index in [9.17, 15) is 0 Å². The fraction of sp³-hybridized carbons (Fsp3) is 0.438. The summed E-state index contributed by atoms with van der Waals surface area (Å²) < 4.78 is 0. The number of hydrogen-bond donors (Lipinski definition) is 1. The molecule has 4 heteroatoms. The number of rotatable bonds is 3. The van der Waals surface area contributed by atoms with Crippen LogP contribution in [0.4, 0.5) is 5.69 Å². The summed E-state index contributed by atoms with van der Waals surface area (Å²) in [6.45, 7) is 7.93. The van der Waals surface area contributed by atoms with Crippen LogP contribution in [0.5, 0.6) is 0 Å². The Morgan fingerprint density at radius 3 is 2.75 bits per heavy atom. The molecule has 0 saturated carbocycles. The van der Waals surface area contributed by atoms with Gasteiger partial charge in [0.05, 0.1) is 5.69 Å². The molecule has 2 N–H and O–H groups in total. The van der Waals surface area contributed by atoms with E-state index in [1.807, 2.05) is 23.5 Å². The normalized spacial score (nSPS) is 15.6. The standard InChI is InChI=1S/C16H21N3S/c1-11(2)9-19-8-7-14-15(10-19)20-16(18-14)12-3-5-13(17)6-4-12/h3-6,11H,7-10,17H2,1-2H3. The minimum Gasteiger partial charge on any atom is -0.399 e. The molecule has 0 spiro atoms. The number of thiazole rings is 1. The minimum absolute atomic E-state index is 0.723. The molecular weight excluding hydrogens is 266 g/mol. The molecule has 0 unspecified atom stereocenters. The molecule has 20 heavy (non-hydrogen) atoms. The van der Waals surface area contributed by atoms with E-state index in [2.05, 4.69) is 30.9 Å². The SMILES string of the molecule is CC(C)CN1CCc2nc(-c3ccc(N)cc3)sc2C1. The predicted octanol–water partition coefficient (Wildman–Crippen LogP) is 3.41. The second-order valence-corrected chi connectivity index (χ2v) is 6.97. The molecule has 0 amide bonds. The van der Waals surface area contributed by atoms with E-state index in [1.165, 1.54) is 22.7 Å². The van der Waals surface area contributed by atoms with E-state index in [-0.39, 0.29) is 0 Å². The quantitative estimate of drug-likeness (QED) is 0.880. The zero-order valence-corrected chi connectivity index (χ0v) is 12.9. The zero-order valence-electron chi connectivity index (χ0n) is 12.1. The van der Waals surface area contributed by atoms with Crippen LogP contribution in [0, 0.1) is 5.92 Å². The first-order valence-corrected chi connectivity index (χ1v) is 8.00. The van der Waals surface area contributed by atoms with Crippen molar-refractivity contribution < 1.29 is 0 Å². The lowest BCUT2D eigenvalue weighted by atomic mass is 10.1. The number of aromatic nitrogens is 1. The summed E-state index contributed by atoms with van der Waals surface area (Å²) >= 11 is 1.83. The van der Waals surface area contributed by atoms with Crippen LogP contribution in [0.2, 0.25) is 0 Å². The number of hydrogen-bond acceptors (Lipinski definition) is 4. The highest BCUT2D eigenvalue weighted by Gasteiger charge is 2.21. The molecule has 2 heterocycles. The van der Waals surface area contributed by atoms with E-state index >= 15 is 0 Å². The second kappa shape index (κ2) is 5.54. The zero-order chi connectivity index (χ0) is 14.1. The summed E-state index contributed by atoms with van der Waals surface area (Å²) in [5, 5.41) is 1.13. The van der Waals surface area contributed by atoms with Crippen molar-refractivity contribution in [2.45, 2.75) is 26.8 Å². The molecule has 0 bridgehead atoms. The first-order valence-electron chi connectivity index (χ1n) is 7.18. The smallest absolute Gasteiger partial charge is 0.123 e. The van der Waals surface area contributed by atoms with E-state index < -0.39 is 0 Å². The monoisotopic (exact) mass is 287 g/mol. The molecule has 1 aromatic carbocycles. The van der Waals surface area contributed by atoms with Crippen molar-refractivity contribution in [3.8, 4) is 10.6 Å². The van der Waals surface area contributed by atoms with Gasteiger partial charge in [-0.15, -0.1) is 11.3 Å². The highest BCUT2D eigenvalue weighted by atomic mass is 32.1. The number of nitrogen functional groups attached to an aromatic ring is 1. The largest absolute Gasteiger partial charge is 0.399 e. The van der Waals surface area contributed by atoms with Crippen LogP contribution in [0.15, 0.2) is 24.3 Å². The molecule has 0 radical (unpaired) electrons. The third-order valence-corrected chi connectivity index (χ3v) is 4.72. The summed E-state index contributed by atoms with van der Waals surface area (Å²) in [5.74, 6) is 0.723. The predicted molar refractivity (Wildman–Crippen MR) is 85.8 cm³/mol. The molecule has 0 atom stereocenters. The third-order valence-electron chi connectivity index (χ3n) is 3.59. The third kappa shape index (κ3) is 2.86. The molecule has 0 aliphatic carbocycles. The molecule has 2 aromatic rings. The van der Waals surface area contributed by atoms with Crippen LogP contribution >= 0.6 is 11.3 Å². The molecule has 106 valence electrons. The highest BCUT2D eigenvalue weighted by molar-refractivity contribution is 7.15. The van der Waals surface area contributed by atoms with Crippen molar-refractivity contribution in [1.29, 1.82) is 0 Å². The maximum atomic E-state index is 5.74. The van der Waals surface area contributed by atoms with Crippen molar-refractivity contribution in [2.24, 2.45) is 5.92 Å². The van der Waals surface area contributed by atoms with Crippen molar-refractivity contribution in [2.75, 3.05) is 18.8 Å². The maximum Gasteiger partial charge on any atom is 0.123 e. The molecule has 0 fully saturated rings. The topological polar surface area (TPSA) is 42.2 Å². The van der Waals surface area contributed by atoms with Gasteiger partial charge < -0.3 is 5.73 Å². The van der Waals surface area contributed by atoms with E-state index in [4.69, 9.17) is 10.7 Å². The Bertz CT molecular complexity index is 586. The molecule has 3 rings (SSSR count). The summed E-state index contributed by atoms with van der Waals surface area (Å²) in [6.07, 6.45) is 1.08. The van der Waals surface area contributed by atoms with Crippen LogP contribution in [0.1, 0.15) is 24.4 Å². The van der Waals surface area contributed by atoms with Gasteiger partial charge in [-0.1, -0.05) is 13.8 Å². The molecule has 1 aromatic heterocycles. The van der Waals surface area contributed by atoms with Crippen LogP contribution in [0.25, 0.3) is 10.6 Å². The Balaban J connectivity index is 1.81. The molecule has 1 aliphatic heterocycles. The van der Waals surface area contributed by atoms with Gasteiger partial charge in [-0.25, -0.2) is 4.98 Å². The average Bonchev–Trinajstić information content (AvgIpc) is 2.81. The Hall–Kier alpha value is -1.39. The number of nitrogens with zero attached hydrogens (tertiary/aromatic N) is 2. The lowest BCUT2D eigenvalue weighted by Crippen LogP contribution is -2.32. The lowest BCUT2D eigenvalue weighted by molar-refractivity contribution is 0.228. The van der Waals surface area contributed by atoms with Crippen LogP contribution in [-0.4, -0.2) is 23.0 Å². The number of anilines is 1. The Kier molecular flexibility index (Phi) is 3.76. The molecule has 0 saturated heterocycles. The van der Waals surface area contributed by atoms with Crippen LogP contribution in [-0.2, 0) is 13.0 Å². The molecular formula is C16H21N3S. The summed E-state index contributed by atoms with van der Waals surface area (Å²) in [6, 6.07) is 8.01. The Morgan fingerprint density at radius 1 is 1.30 bits per heavy atom. The van der Waals surface area contributed by atoms with E-state index in [0.717, 1.165) is 36.1 Å². The fourth-order valence-corrected chi connectivity index (χ4v) is 3.83. The van der Waals surface area contributed by atoms with Crippen molar-refractivity contribution in [1.82, 2.24) is 9.88 Å². The van der Waals surface area contributed by atoms with Crippen molar-refractivity contribution in [3.63, 3.8) is 0 Å².